The molecule has 2 unspecified atom stereocenters. The molecule has 1 fully saturated rings. The van der Waals surface area contributed by atoms with Crippen LogP contribution in [0, 0.1) is 11.6 Å². The number of benzene rings is 2. The molecule has 1 nitrogen and oxygen atoms in total. The summed E-state index contributed by atoms with van der Waals surface area (Å²) in [4.78, 5) is 0. The van der Waals surface area contributed by atoms with Crippen LogP contribution >= 0.6 is 0 Å². The van der Waals surface area contributed by atoms with Crippen molar-refractivity contribution in [2.45, 2.75) is 37.6 Å². The Bertz CT molecular complexity index is 577. The van der Waals surface area contributed by atoms with Crippen molar-refractivity contribution < 1.29 is 8.78 Å². The van der Waals surface area contributed by atoms with Crippen molar-refractivity contribution in [3.63, 3.8) is 0 Å². The van der Waals surface area contributed by atoms with Gasteiger partial charge in [0.2, 0.25) is 0 Å². The molecule has 21 heavy (non-hydrogen) atoms. The van der Waals surface area contributed by atoms with Crippen LogP contribution in [0.4, 0.5) is 14.5 Å². The smallest absolute Gasteiger partial charge is 0.149 e. The van der Waals surface area contributed by atoms with E-state index in [0.717, 1.165) is 25.7 Å². The minimum atomic E-state index is -0.521. The Morgan fingerprint density at radius 3 is 2.19 bits per heavy atom. The summed E-state index contributed by atoms with van der Waals surface area (Å²) in [6.45, 7) is 0. The average molecular weight is 287 g/mol. The van der Waals surface area contributed by atoms with E-state index in [1.54, 1.807) is 0 Å². The molecule has 2 aromatic carbocycles. The summed E-state index contributed by atoms with van der Waals surface area (Å²) in [5, 5.41) is 3.12. The molecule has 0 spiro atoms. The molecule has 2 aromatic rings. The van der Waals surface area contributed by atoms with Crippen LogP contribution in [-0.4, -0.2) is 6.04 Å². The van der Waals surface area contributed by atoms with Crippen molar-refractivity contribution in [2.24, 2.45) is 0 Å². The van der Waals surface area contributed by atoms with Gasteiger partial charge in [0.1, 0.15) is 17.3 Å². The monoisotopic (exact) mass is 287 g/mol. The van der Waals surface area contributed by atoms with Gasteiger partial charge in [0.25, 0.3) is 0 Å². The molecule has 0 heterocycles. The van der Waals surface area contributed by atoms with Crippen molar-refractivity contribution in [2.75, 3.05) is 5.32 Å². The first kappa shape index (κ1) is 14.1. The number of rotatable bonds is 3. The maximum absolute atomic E-state index is 13.8. The van der Waals surface area contributed by atoms with E-state index in [-0.39, 0.29) is 11.7 Å². The van der Waals surface area contributed by atoms with Crippen molar-refractivity contribution in [1.29, 1.82) is 0 Å². The van der Waals surface area contributed by atoms with Gasteiger partial charge >= 0.3 is 0 Å². The molecule has 1 N–H and O–H groups in total. The second kappa shape index (κ2) is 6.25. The van der Waals surface area contributed by atoms with E-state index in [1.165, 1.54) is 23.8 Å². The Balaban J connectivity index is 1.85. The first-order valence-corrected chi connectivity index (χ1v) is 7.51. The lowest BCUT2D eigenvalue weighted by molar-refractivity contribution is 0.402. The van der Waals surface area contributed by atoms with Gasteiger partial charge in [-0.1, -0.05) is 49.2 Å². The standard InChI is InChI=1S/C18H19F2N/c19-15-10-6-11-16(20)18(15)21-17-12-5-4-9-14(17)13-7-2-1-3-8-13/h1-3,6-8,10-11,14,17,21H,4-5,9,12H2. The molecule has 1 saturated carbocycles. The third kappa shape index (κ3) is 3.07. The van der Waals surface area contributed by atoms with Gasteiger partial charge in [-0.2, -0.15) is 0 Å². The first-order valence-electron chi connectivity index (χ1n) is 7.51. The van der Waals surface area contributed by atoms with Gasteiger partial charge in [-0.05, 0) is 30.5 Å². The summed E-state index contributed by atoms with van der Waals surface area (Å²) in [6, 6.07) is 14.3. The molecule has 0 radical (unpaired) electrons. The molecule has 3 heteroatoms. The molecule has 110 valence electrons. The summed E-state index contributed by atoms with van der Waals surface area (Å²) >= 11 is 0. The minimum Gasteiger partial charge on any atom is -0.377 e. The summed E-state index contributed by atoms with van der Waals surface area (Å²) < 4.78 is 27.7. The quantitative estimate of drug-likeness (QED) is 0.827. The molecular weight excluding hydrogens is 268 g/mol. The molecule has 0 aromatic heterocycles. The molecule has 1 aliphatic carbocycles. The zero-order valence-corrected chi connectivity index (χ0v) is 11.9. The SMILES string of the molecule is Fc1cccc(F)c1NC1CCCCC1c1ccccc1. The Labute approximate surface area is 124 Å². The lowest BCUT2D eigenvalue weighted by atomic mass is 9.80. The molecule has 2 atom stereocenters. The third-order valence-electron chi connectivity index (χ3n) is 4.29. The van der Waals surface area contributed by atoms with Crippen molar-refractivity contribution in [3.8, 4) is 0 Å². The predicted octanol–water partition coefficient (Wildman–Crippen LogP) is 5.10. The van der Waals surface area contributed by atoms with E-state index < -0.39 is 11.6 Å². The lowest BCUT2D eigenvalue weighted by Crippen LogP contribution is -2.31. The van der Waals surface area contributed by atoms with E-state index in [9.17, 15) is 8.78 Å². The Morgan fingerprint density at radius 2 is 1.48 bits per heavy atom. The van der Waals surface area contributed by atoms with Gasteiger partial charge in [-0.25, -0.2) is 8.78 Å². The second-order valence-electron chi connectivity index (χ2n) is 5.65. The van der Waals surface area contributed by atoms with Crippen LogP contribution < -0.4 is 5.32 Å². The van der Waals surface area contributed by atoms with Gasteiger partial charge in [0.05, 0.1) is 0 Å². The van der Waals surface area contributed by atoms with Crippen LogP contribution in [0.25, 0.3) is 0 Å². The first-order chi connectivity index (χ1) is 10.3. The van der Waals surface area contributed by atoms with Crippen LogP contribution in [0.1, 0.15) is 37.2 Å². The van der Waals surface area contributed by atoms with E-state index in [0.29, 0.717) is 5.92 Å². The van der Waals surface area contributed by atoms with Crippen molar-refractivity contribution in [3.05, 3.63) is 65.7 Å². The fourth-order valence-electron chi connectivity index (χ4n) is 3.22. The van der Waals surface area contributed by atoms with Crippen LogP contribution in [0.15, 0.2) is 48.5 Å². The van der Waals surface area contributed by atoms with E-state index in [2.05, 4.69) is 17.4 Å². The van der Waals surface area contributed by atoms with Gasteiger partial charge in [0.15, 0.2) is 0 Å². The Morgan fingerprint density at radius 1 is 0.810 bits per heavy atom. The van der Waals surface area contributed by atoms with Gasteiger partial charge in [0, 0.05) is 12.0 Å². The van der Waals surface area contributed by atoms with E-state index in [4.69, 9.17) is 0 Å². The molecule has 0 bridgehead atoms. The zero-order valence-electron chi connectivity index (χ0n) is 11.9. The topological polar surface area (TPSA) is 12.0 Å². The van der Waals surface area contributed by atoms with Gasteiger partial charge in [-0.15, -0.1) is 0 Å². The molecule has 3 rings (SSSR count). The van der Waals surface area contributed by atoms with Gasteiger partial charge < -0.3 is 5.32 Å². The molecule has 1 aliphatic rings. The number of para-hydroxylation sites is 1. The largest absolute Gasteiger partial charge is 0.377 e. The summed E-state index contributed by atoms with van der Waals surface area (Å²) in [5.41, 5.74) is 1.25. The number of halogens is 2. The fraction of sp³-hybridized carbons (Fsp3) is 0.333. The second-order valence-corrected chi connectivity index (χ2v) is 5.65. The summed E-state index contributed by atoms with van der Waals surface area (Å²) in [6.07, 6.45) is 4.25. The normalized spacial score (nSPS) is 22.0. The average Bonchev–Trinajstić information content (AvgIpc) is 2.52. The maximum atomic E-state index is 13.8. The van der Waals surface area contributed by atoms with Crippen LogP contribution in [0.2, 0.25) is 0 Å². The van der Waals surface area contributed by atoms with Crippen molar-refractivity contribution >= 4 is 5.69 Å². The van der Waals surface area contributed by atoms with E-state index in [1.807, 2.05) is 18.2 Å². The predicted molar refractivity (Wildman–Crippen MR) is 81.4 cm³/mol. The third-order valence-corrected chi connectivity index (χ3v) is 4.29. The molecule has 0 aliphatic heterocycles. The van der Waals surface area contributed by atoms with Crippen LogP contribution in [-0.2, 0) is 0 Å². The Kier molecular flexibility index (Phi) is 4.18. The Hall–Kier alpha value is -1.90. The van der Waals surface area contributed by atoms with Crippen molar-refractivity contribution in [1.82, 2.24) is 0 Å². The number of anilines is 1. The highest BCUT2D eigenvalue weighted by atomic mass is 19.1. The zero-order chi connectivity index (χ0) is 14.7. The fourth-order valence-corrected chi connectivity index (χ4v) is 3.22. The summed E-state index contributed by atoms with van der Waals surface area (Å²) in [5.74, 6) is -0.737. The number of hydrogen-bond donors (Lipinski definition) is 1. The highest BCUT2D eigenvalue weighted by Crippen LogP contribution is 2.35. The van der Waals surface area contributed by atoms with Crippen LogP contribution in [0.5, 0.6) is 0 Å². The summed E-state index contributed by atoms with van der Waals surface area (Å²) in [7, 11) is 0. The lowest BCUT2D eigenvalue weighted by Gasteiger charge is -2.33. The number of hydrogen-bond acceptors (Lipinski definition) is 1. The van der Waals surface area contributed by atoms with Crippen LogP contribution in [0.3, 0.4) is 0 Å². The highest BCUT2D eigenvalue weighted by Gasteiger charge is 2.27. The molecule has 0 amide bonds. The highest BCUT2D eigenvalue weighted by molar-refractivity contribution is 5.48. The maximum Gasteiger partial charge on any atom is 0.149 e. The number of nitrogens with one attached hydrogen (secondary N) is 1. The molecule has 0 saturated heterocycles. The minimum absolute atomic E-state index is 0.00494. The van der Waals surface area contributed by atoms with Gasteiger partial charge in [-0.3, -0.25) is 0 Å². The molecular formula is C18H19F2N. The van der Waals surface area contributed by atoms with E-state index >= 15 is 0 Å².